The van der Waals surface area contributed by atoms with E-state index in [1.165, 1.54) is 302 Å². The van der Waals surface area contributed by atoms with Crippen LogP contribution in [0.2, 0.25) is 0 Å². The molecule has 0 aliphatic carbocycles. The van der Waals surface area contributed by atoms with Crippen molar-refractivity contribution in [2.45, 2.75) is 398 Å². The third-order valence-electron chi connectivity index (χ3n) is 16.3. The van der Waals surface area contributed by atoms with Crippen LogP contribution in [-0.4, -0.2) is 47.4 Å². The Morgan fingerprint density at radius 3 is 1.01 bits per heavy atom. The number of unbranched alkanes of at least 4 members (excludes halogenated alkanes) is 50. The van der Waals surface area contributed by atoms with Crippen LogP contribution >= 0.6 is 0 Å². The quantitative estimate of drug-likeness (QED) is 0.0320. The highest BCUT2D eigenvalue weighted by Crippen LogP contribution is 2.19. The Labute approximate surface area is 475 Å². The van der Waals surface area contributed by atoms with Crippen LogP contribution in [0.3, 0.4) is 0 Å². The van der Waals surface area contributed by atoms with Crippen LogP contribution < -0.4 is 5.32 Å². The van der Waals surface area contributed by atoms with Gasteiger partial charge in [0, 0.05) is 12.8 Å². The van der Waals surface area contributed by atoms with E-state index in [2.05, 4.69) is 43.5 Å². The Bertz CT molecular complexity index is 1190. The number of allylic oxidation sites excluding steroid dienone is 4. The van der Waals surface area contributed by atoms with Gasteiger partial charge in [0.1, 0.15) is 0 Å². The van der Waals surface area contributed by atoms with Crippen LogP contribution in [0.4, 0.5) is 0 Å². The molecule has 0 spiro atoms. The summed E-state index contributed by atoms with van der Waals surface area (Å²) in [6.07, 6.45) is 82.4. The fourth-order valence-electron chi connectivity index (χ4n) is 11.0. The molecule has 0 saturated heterocycles. The predicted molar refractivity (Wildman–Crippen MR) is 333 cm³/mol. The van der Waals surface area contributed by atoms with Crippen molar-refractivity contribution in [3.63, 3.8) is 0 Å². The number of hydrogen-bond donors (Lipinski definition) is 3. The summed E-state index contributed by atoms with van der Waals surface area (Å²) >= 11 is 0. The van der Waals surface area contributed by atoms with Crippen molar-refractivity contribution < 1.29 is 24.5 Å². The molecule has 0 aromatic rings. The highest BCUT2D eigenvalue weighted by atomic mass is 16.5. The molecule has 0 aromatic carbocycles. The highest BCUT2D eigenvalue weighted by molar-refractivity contribution is 5.76. The Hall–Kier alpha value is -1.66. The lowest BCUT2D eigenvalue weighted by Crippen LogP contribution is -2.45. The van der Waals surface area contributed by atoms with E-state index in [4.69, 9.17) is 4.74 Å². The molecule has 76 heavy (non-hydrogen) atoms. The monoisotopic (exact) mass is 1070 g/mol. The fourth-order valence-corrected chi connectivity index (χ4v) is 11.0. The van der Waals surface area contributed by atoms with Crippen molar-refractivity contribution in [1.29, 1.82) is 0 Å². The smallest absolute Gasteiger partial charge is 0.305 e. The van der Waals surface area contributed by atoms with Gasteiger partial charge in [-0.05, 0) is 57.8 Å². The van der Waals surface area contributed by atoms with Crippen LogP contribution in [0, 0.1) is 0 Å². The van der Waals surface area contributed by atoms with E-state index in [1.54, 1.807) is 0 Å². The van der Waals surface area contributed by atoms with Crippen LogP contribution in [0.5, 0.6) is 0 Å². The number of carbonyl (C=O) groups is 2. The van der Waals surface area contributed by atoms with Gasteiger partial charge in [-0.1, -0.05) is 340 Å². The van der Waals surface area contributed by atoms with E-state index in [-0.39, 0.29) is 18.5 Å². The molecule has 0 saturated carbocycles. The van der Waals surface area contributed by atoms with Crippen LogP contribution in [0.15, 0.2) is 24.3 Å². The number of carbonyl (C=O) groups excluding carboxylic acids is 2. The van der Waals surface area contributed by atoms with Crippen molar-refractivity contribution >= 4 is 11.9 Å². The molecule has 0 aromatic heterocycles. The molecule has 0 rings (SSSR count). The topological polar surface area (TPSA) is 95.9 Å². The molecule has 450 valence electrons. The molecule has 6 nitrogen and oxygen atoms in total. The van der Waals surface area contributed by atoms with Gasteiger partial charge in [-0.25, -0.2) is 0 Å². The Balaban J connectivity index is 3.30. The summed E-state index contributed by atoms with van der Waals surface area (Å²) < 4.78 is 5.49. The van der Waals surface area contributed by atoms with E-state index in [1.807, 2.05) is 0 Å². The van der Waals surface area contributed by atoms with E-state index < -0.39 is 12.1 Å². The third-order valence-corrected chi connectivity index (χ3v) is 16.3. The lowest BCUT2D eigenvalue weighted by atomic mass is 10.0. The maximum Gasteiger partial charge on any atom is 0.305 e. The number of aliphatic hydroxyl groups excluding tert-OH is 2. The van der Waals surface area contributed by atoms with Crippen molar-refractivity contribution in [2.75, 3.05) is 13.2 Å². The van der Waals surface area contributed by atoms with Crippen molar-refractivity contribution in [1.82, 2.24) is 5.32 Å². The molecule has 0 radical (unpaired) electrons. The van der Waals surface area contributed by atoms with Crippen LogP contribution in [0.25, 0.3) is 0 Å². The van der Waals surface area contributed by atoms with Gasteiger partial charge >= 0.3 is 5.97 Å². The number of rotatable bonds is 65. The number of nitrogens with one attached hydrogen (secondary N) is 1. The third kappa shape index (κ3) is 61.6. The molecule has 0 fully saturated rings. The zero-order valence-corrected chi connectivity index (χ0v) is 51.5. The first-order valence-corrected chi connectivity index (χ1v) is 34.6. The lowest BCUT2D eigenvalue weighted by molar-refractivity contribution is -0.143. The summed E-state index contributed by atoms with van der Waals surface area (Å²) in [5.41, 5.74) is 0. The maximum absolute atomic E-state index is 12.5. The Morgan fingerprint density at radius 2 is 0.658 bits per heavy atom. The van der Waals surface area contributed by atoms with Gasteiger partial charge in [0.25, 0.3) is 0 Å². The normalized spacial score (nSPS) is 12.6. The van der Waals surface area contributed by atoms with E-state index >= 15 is 0 Å². The molecule has 0 aliphatic heterocycles. The van der Waals surface area contributed by atoms with Gasteiger partial charge in [-0.3, -0.25) is 9.59 Å². The standard InChI is InChI=1S/C70H135NO5/c1-3-5-7-9-11-13-15-16-17-37-40-44-48-52-56-60-64-70(75)76-65-61-57-53-49-45-41-38-35-33-31-29-27-25-23-21-19-18-20-22-24-26-28-30-32-34-36-39-43-47-51-55-59-63-69(74)71-67(66-72)68(73)62-58-54-50-46-42-14-12-10-8-6-4-2/h13,15,17,37,67-68,72-73H,3-12,14,16,18-36,38-66H2,1-2H3,(H,71,74)/b15-13-,37-17-. The van der Waals surface area contributed by atoms with E-state index in [0.717, 1.165) is 51.4 Å². The van der Waals surface area contributed by atoms with Crippen LogP contribution in [-0.2, 0) is 14.3 Å². The van der Waals surface area contributed by atoms with Gasteiger partial charge in [0.05, 0.1) is 25.4 Å². The summed E-state index contributed by atoms with van der Waals surface area (Å²) in [4.78, 5) is 24.5. The van der Waals surface area contributed by atoms with Gasteiger partial charge < -0.3 is 20.3 Å². The molecule has 0 heterocycles. The van der Waals surface area contributed by atoms with Crippen molar-refractivity contribution in [3.05, 3.63) is 24.3 Å². The molecule has 0 bridgehead atoms. The number of esters is 1. The summed E-state index contributed by atoms with van der Waals surface area (Å²) in [6, 6.07) is -0.536. The van der Waals surface area contributed by atoms with Gasteiger partial charge in [-0.15, -0.1) is 0 Å². The average Bonchev–Trinajstić information content (AvgIpc) is 3.42. The predicted octanol–water partition coefficient (Wildman–Crippen LogP) is 22.1. The Morgan fingerprint density at radius 1 is 0.368 bits per heavy atom. The second-order valence-corrected chi connectivity index (χ2v) is 23.9. The zero-order valence-electron chi connectivity index (χ0n) is 51.5. The summed E-state index contributed by atoms with van der Waals surface area (Å²) in [5, 5.41) is 23.2. The summed E-state index contributed by atoms with van der Waals surface area (Å²) in [5.74, 6) is -0.0216. The molecule has 0 aliphatic rings. The van der Waals surface area contributed by atoms with Crippen molar-refractivity contribution in [2.24, 2.45) is 0 Å². The minimum Gasteiger partial charge on any atom is -0.466 e. The minimum absolute atomic E-state index is 0.00814. The molecular weight excluding hydrogens is 935 g/mol. The second-order valence-electron chi connectivity index (χ2n) is 23.9. The number of aliphatic hydroxyl groups is 2. The van der Waals surface area contributed by atoms with Crippen molar-refractivity contribution in [3.8, 4) is 0 Å². The molecular formula is C70H135NO5. The SMILES string of the molecule is CCCCCC/C=C\C/C=C\CCCCCCCC(=O)OCCCCCCCCCCCCCCCCCCCCCCCCCCCCCCCCCCC(=O)NC(CO)C(O)CCCCCCCCCCCCC. The molecule has 3 N–H and O–H groups in total. The van der Waals surface area contributed by atoms with Gasteiger partial charge in [0.2, 0.25) is 5.91 Å². The number of amides is 1. The molecule has 1 amide bonds. The lowest BCUT2D eigenvalue weighted by Gasteiger charge is -2.22. The summed E-state index contributed by atoms with van der Waals surface area (Å²) in [6.45, 7) is 4.95. The van der Waals surface area contributed by atoms with Crippen LogP contribution in [0.1, 0.15) is 386 Å². The first-order valence-electron chi connectivity index (χ1n) is 34.6. The molecule has 2 unspecified atom stereocenters. The van der Waals surface area contributed by atoms with Gasteiger partial charge in [0.15, 0.2) is 0 Å². The second kappa shape index (κ2) is 65.9. The largest absolute Gasteiger partial charge is 0.466 e. The first-order chi connectivity index (χ1) is 37.5. The Kier molecular flexibility index (Phi) is 64.4. The average molecular weight is 1070 g/mol. The highest BCUT2D eigenvalue weighted by Gasteiger charge is 2.20. The zero-order chi connectivity index (χ0) is 55.0. The van der Waals surface area contributed by atoms with E-state index in [0.29, 0.717) is 25.9 Å². The molecule has 2 atom stereocenters. The van der Waals surface area contributed by atoms with Gasteiger partial charge in [-0.2, -0.15) is 0 Å². The number of hydrogen-bond acceptors (Lipinski definition) is 5. The maximum atomic E-state index is 12.5. The van der Waals surface area contributed by atoms with E-state index in [9.17, 15) is 19.8 Å². The first kappa shape index (κ1) is 74.3. The molecule has 6 heteroatoms. The fraction of sp³-hybridized carbons (Fsp3) is 0.914. The minimum atomic E-state index is -0.659. The summed E-state index contributed by atoms with van der Waals surface area (Å²) in [7, 11) is 0. The number of ether oxygens (including phenoxy) is 1.